The highest BCUT2D eigenvalue weighted by Gasteiger charge is 2.05. The lowest BCUT2D eigenvalue weighted by Gasteiger charge is -2.04. The van der Waals surface area contributed by atoms with Gasteiger partial charge in [-0.3, -0.25) is 0 Å². The zero-order chi connectivity index (χ0) is 10.7. The summed E-state index contributed by atoms with van der Waals surface area (Å²) in [4.78, 5) is 9.87. The topological polar surface area (TPSA) is 28.5 Å². The Morgan fingerprint density at radius 1 is 1.57 bits per heavy atom. The smallest absolute Gasteiger partial charge is 0.168 e. The average molecular weight is 260 g/mol. The van der Waals surface area contributed by atoms with E-state index in [-0.39, 0.29) is 5.82 Å². The van der Waals surface area contributed by atoms with E-state index in [2.05, 4.69) is 25.9 Å². The van der Waals surface area contributed by atoms with Gasteiger partial charge in [0, 0.05) is 14.1 Å². The van der Waals surface area contributed by atoms with Crippen LogP contribution in [0, 0.1) is 12.7 Å². The van der Waals surface area contributed by atoms with Crippen LogP contribution in [0.3, 0.4) is 0 Å². The zero-order valence-corrected chi connectivity index (χ0v) is 9.84. The van der Waals surface area contributed by atoms with Gasteiger partial charge >= 0.3 is 0 Å². The van der Waals surface area contributed by atoms with Crippen molar-refractivity contribution < 1.29 is 4.39 Å². The zero-order valence-electron chi connectivity index (χ0n) is 8.25. The van der Waals surface area contributed by atoms with E-state index >= 15 is 0 Å². The van der Waals surface area contributed by atoms with E-state index in [9.17, 15) is 4.39 Å². The molecule has 0 aliphatic heterocycles. The molecule has 0 radical (unpaired) electrons. The fourth-order valence-corrected chi connectivity index (χ4v) is 1.20. The second-order valence-electron chi connectivity index (χ2n) is 3.07. The predicted molar refractivity (Wildman–Crippen MR) is 58.5 cm³/mol. The Bertz CT molecular complexity index is 363. The molecule has 0 fully saturated rings. The molecule has 1 aromatic rings. The Labute approximate surface area is 90.8 Å². The first-order valence-electron chi connectivity index (χ1n) is 4.04. The molecule has 0 saturated heterocycles. The normalized spacial score (nSPS) is 10.9. The predicted octanol–water partition coefficient (Wildman–Crippen LogP) is 2.51. The van der Waals surface area contributed by atoms with Gasteiger partial charge in [-0.2, -0.15) is 0 Å². The summed E-state index contributed by atoms with van der Waals surface area (Å²) in [6.45, 7) is 1.61. The maximum absolute atomic E-state index is 13.0. The van der Waals surface area contributed by atoms with Crippen LogP contribution in [-0.4, -0.2) is 30.3 Å². The Morgan fingerprint density at radius 3 is 2.79 bits per heavy atom. The van der Waals surface area contributed by atoms with Crippen LogP contribution >= 0.6 is 15.9 Å². The molecule has 0 aromatic carbocycles. The van der Waals surface area contributed by atoms with Crippen molar-refractivity contribution in [1.82, 2.24) is 9.88 Å². The minimum atomic E-state index is -0.333. The Kier molecular flexibility index (Phi) is 3.57. The van der Waals surface area contributed by atoms with Crippen LogP contribution in [0.15, 0.2) is 15.5 Å². The summed E-state index contributed by atoms with van der Waals surface area (Å²) in [6, 6.07) is 1.37. The summed E-state index contributed by atoms with van der Waals surface area (Å²) in [5.41, 5.74) is 0.346. The molecule has 0 bridgehead atoms. The second kappa shape index (κ2) is 4.50. The maximum atomic E-state index is 13.0. The molecule has 0 spiro atoms. The van der Waals surface area contributed by atoms with E-state index < -0.39 is 0 Å². The third-order valence-electron chi connectivity index (χ3n) is 1.50. The van der Waals surface area contributed by atoms with Crippen molar-refractivity contribution in [3.8, 4) is 0 Å². The highest BCUT2D eigenvalue weighted by atomic mass is 79.9. The van der Waals surface area contributed by atoms with Crippen LogP contribution in [0.1, 0.15) is 5.69 Å². The minimum absolute atomic E-state index is 0.333. The molecular formula is C9H11BrFN3. The minimum Gasteiger partial charge on any atom is -0.369 e. The molecule has 1 rings (SSSR count). The molecule has 14 heavy (non-hydrogen) atoms. The second-order valence-corrected chi connectivity index (χ2v) is 3.92. The van der Waals surface area contributed by atoms with E-state index in [4.69, 9.17) is 0 Å². The lowest BCUT2D eigenvalue weighted by molar-refractivity contribution is 0.608. The number of hydrogen-bond donors (Lipinski definition) is 0. The number of aryl methyl sites for hydroxylation is 1. The number of nitrogens with zero attached hydrogens (tertiary/aromatic N) is 3. The van der Waals surface area contributed by atoms with Crippen molar-refractivity contribution >= 4 is 28.1 Å². The van der Waals surface area contributed by atoms with E-state index in [0.29, 0.717) is 16.0 Å². The molecule has 76 valence electrons. The van der Waals surface area contributed by atoms with Gasteiger partial charge in [0.2, 0.25) is 0 Å². The van der Waals surface area contributed by atoms with E-state index in [1.165, 1.54) is 6.07 Å². The summed E-state index contributed by atoms with van der Waals surface area (Å²) in [7, 11) is 3.71. The van der Waals surface area contributed by atoms with Gasteiger partial charge in [0.05, 0.1) is 16.5 Å². The summed E-state index contributed by atoms with van der Waals surface area (Å²) in [6.07, 6.45) is 1.62. The molecule has 0 aliphatic rings. The van der Waals surface area contributed by atoms with E-state index in [1.54, 1.807) is 18.2 Å². The van der Waals surface area contributed by atoms with Gasteiger partial charge in [-0.05, 0) is 28.9 Å². The molecule has 0 amide bonds. The largest absolute Gasteiger partial charge is 0.369 e. The van der Waals surface area contributed by atoms with Gasteiger partial charge in [0.15, 0.2) is 5.82 Å². The molecule has 0 aliphatic carbocycles. The molecule has 0 N–H and O–H groups in total. The summed E-state index contributed by atoms with van der Waals surface area (Å²) in [5, 5.41) is 0. The monoisotopic (exact) mass is 259 g/mol. The first kappa shape index (κ1) is 11.1. The van der Waals surface area contributed by atoms with Gasteiger partial charge in [-0.1, -0.05) is 0 Å². The van der Waals surface area contributed by atoms with Crippen molar-refractivity contribution in [1.29, 1.82) is 0 Å². The summed E-state index contributed by atoms with van der Waals surface area (Å²) in [5.74, 6) is 0.151. The van der Waals surface area contributed by atoms with Crippen molar-refractivity contribution in [2.45, 2.75) is 6.92 Å². The van der Waals surface area contributed by atoms with E-state index in [1.807, 2.05) is 14.1 Å². The lowest BCUT2D eigenvalue weighted by Crippen LogP contribution is -2.07. The first-order chi connectivity index (χ1) is 6.50. The van der Waals surface area contributed by atoms with Crippen LogP contribution in [0.4, 0.5) is 10.2 Å². The van der Waals surface area contributed by atoms with Crippen molar-refractivity contribution in [3.05, 3.63) is 22.1 Å². The molecule has 0 atom stereocenters. The highest BCUT2D eigenvalue weighted by Crippen LogP contribution is 2.24. The van der Waals surface area contributed by atoms with Crippen LogP contribution in [0.25, 0.3) is 0 Å². The molecular weight excluding hydrogens is 249 g/mol. The molecule has 1 heterocycles. The van der Waals surface area contributed by atoms with Crippen molar-refractivity contribution in [3.63, 3.8) is 0 Å². The number of pyridine rings is 1. The third kappa shape index (κ3) is 2.77. The standard InChI is InChI=1S/C9H11BrFN3/c1-6-8(11)4-7(10)9(13-6)12-5-14(2)3/h4-5H,1-3H3/b12-5+. The van der Waals surface area contributed by atoms with Crippen LogP contribution in [0.2, 0.25) is 0 Å². The highest BCUT2D eigenvalue weighted by molar-refractivity contribution is 9.10. The van der Waals surface area contributed by atoms with Gasteiger partial charge in [0.25, 0.3) is 0 Å². The van der Waals surface area contributed by atoms with Crippen LogP contribution in [-0.2, 0) is 0 Å². The fourth-order valence-electron chi connectivity index (χ4n) is 0.807. The summed E-state index contributed by atoms with van der Waals surface area (Å²) < 4.78 is 13.6. The Hall–Kier alpha value is -0.970. The van der Waals surface area contributed by atoms with Crippen molar-refractivity contribution in [2.75, 3.05) is 14.1 Å². The first-order valence-corrected chi connectivity index (χ1v) is 4.83. The SMILES string of the molecule is Cc1nc(/N=C/N(C)C)c(Br)cc1F. The molecule has 3 nitrogen and oxygen atoms in total. The van der Waals surface area contributed by atoms with Gasteiger partial charge in [-0.25, -0.2) is 14.4 Å². The fraction of sp³-hybridized carbons (Fsp3) is 0.333. The Balaban J connectivity index is 3.04. The Morgan fingerprint density at radius 2 is 2.21 bits per heavy atom. The van der Waals surface area contributed by atoms with Gasteiger partial charge in [0.1, 0.15) is 5.82 Å². The number of rotatable bonds is 2. The molecule has 0 unspecified atom stereocenters. The number of aromatic nitrogens is 1. The number of hydrogen-bond acceptors (Lipinski definition) is 2. The van der Waals surface area contributed by atoms with Crippen LogP contribution < -0.4 is 0 Å². The van der Waals surface area contributed by atoms with Crippen molar-refractivity contribution in [2.24, 2.45) is 4.99 Å². The van der Waals surface area contributed by atoms with Gasteiger partial charge in [-0.15, -0.1) is 0 Å². The lowest BCUT2D eigenvalue weighted by atomic mass is 10.3. The number of aliphatic imine (C=N–C) groups is 1. The van der Waals surface area contributed by atoms with E-state index in [0.717, 1.165) is 0 Å². The summed E-state index contributed by atoms with van der Waals surface area (Å²) >= 11 is 3.20. The number of halogens is 2. The van der Waals surface area contributed by atoms with Gasteiger partial charge < -0.3 is 4.90 Å². The third-order valence-corrected chi connectivity index (χ3v) is 2.08. The average Bonchev–Trinajstić information content (AvgIpc) is 2.09. The molecule has 1 aromatic heterocycles. The molecule has 0 saturated carbocycles. The quantitative estimate of drug-likeness (QED) is 0.603. The van der Waals surface area contributed by atoms with Crippen LogP contribution in [0.5, 0.6) is 0 Å². The maximum Gasteiger partial charge on any atom is 0.168 e. The molecule has 5 heteroatoms.